The van der Waals surface area contributed by atoms with E-state index in [4.69, 9.17) is 0 Å². The van der Waals surface area contributed by atoms with Crippen LogP contribution < -0.4 is 0 Å². The van der Waals surface area contributed by atoms with E-state index in [1.54, 1.807) is 71.0 Å². The molecule has 0 radical (unpaired) electrons. The first-order valence-electron chi connectivity index (χ1n) is 1.23. The molecule has 0 aromatic heterocycles. The minimum absolute atomic E-state index is 1.34. The molecule has 0 fully saturated rings. The summed E-state index contributed by atoms with van der Waals surface area (Å²) in [5.41, 5.74) is 0. The van der Waals surface area contributed by atoms with E-state index >= 15 is 0 Å². The van der Waals surface area contributed by atoms with E-state index in [1.165, 1.54) is 19.4 Å². The third kappa shape index (κ3) is 35.7. The van der Waals surface area contributed by atoms with Crippen molar-refractivity contribution in [1.29, 1.82) is 0 Å². The molecule has 0 rings (SSSR count). The van der Waals surface area contributed by atoms with Crippen molar-refractivity contribution in [1.82, 2.24) is 0 Å². The SMILES string of the molecule is C=C[C-]=[W].[W]=[W].[W]=[W]. The molecule has 0 heterocycles. The molecule has 0 amide bonds. The molecule has 0 saturated carbocycles. The number of allylic oxidation sites excluding steroid dienone is 1. The van der Waals surface area contributed by atoms with Gasteiger partial charge in [0.15, 0.2) is 0 Å². The molecule has 0 aliphatic heterocycles. The fraction of sp³-hybridized carbons (Fsp3) is 0. The third-order valence-corrected chi connectivity index (χ3v) is 0.682. The van der Waals surface area contributed by atoms with Gasteiger partial charge in [-0.25, -0.2) is 0 Å². The van der Waals surface area contributed by atoms with Crippen molar-refractivity contribution in [2.75, 3.05) is 0 Å². The summed E-state index contributed by atoms with van der Waals surface area (Å²) in [6.45, 7) is 3.39. The van der Waals surface area contributed by atoms with Crippen molar-refractivity contribution in [3.63, 3.8) is 0 Å². The fourth-order valence-electron chi connectivity index (χ4n) is 0. The summed E-state index contributed by atoms with van der Waals surface area (Å²) in [6, 6.07) is 0. The van der Waals surface area contributed by atoms with Crippen molar-refractivity contribution >= 4 is 4.40 Å². The zero-order valence-electron chi connectivity index (χ0n) is 3.83. The Hall–Kier alpha value is 3.05. The molecule has 0 nitrogen and oxygen atoms in total. The molecule has 0 saturated heterocycles. The Labute approximate surface area is 99.1 Å². The second-order valence-electron chi connectivity index (χ2n) is 0.322. The molecule has 0 aromatic carbocycles. The van der Waals surface area contributed by atoms with Gasteiger partial charge in [-0.2, -0.15) is 0 Å². The van der Waals surface area contributed by atoms with E-state index in [0.717, 1.165) is 0 Å². The van der Waals surface area contributed by atoms with Crippen LogP contribution >= 0.6 is 0 Å². The molecule has 0 aliphatic carbocycles. The van der Waals surface area contributed by atoms with Crippen molar-refractivity contribution in [3.8, 4) is 0 Å². The molecule has 0 N–H and O–H groups in total. The molecular formula is C3H3W5-. The predicted molar refractivity (Wildman–Crippen MR) is 15.2 cm³/mol. The van der Waals surface area contributed by atoms with E-state index in [2.05, 4.69) is 11.0 Å². The van der Waals surface area contributed by atoms with Crippen molar-refractivity contribution < 1.29 is 84.2 Å². The third-order valence-electron chi connectivity index (χ3n) is 0.0833. The molecule has 0 unspecified atom stereocenters. The van der Waals surface area contributed by atoms with Gasteiger partial charge in [-0.1, -0.05) is 0 Å². The summed E-state index contributed by atoms with van der Waals surface area (Å²) in [5.74, 6) is 0. The summed E-state index contributed by atoms with van der Waals surface area (Å²) in [4.78, 5) is 0. The fourth-order valence-corrected chi connectivity index (χ4v) is 0. The Morgan fingerprint density at radius 2 is 1.25 bits per heavy atom. The average molecular weight is 958 g/mol. The van der Waals surface area contributed by atoms with E-state index in [1.807, 2.05) is 0 Å². The summed E-state index contributed by atoms with van der Waals surface area (Å²) in [5, 5.41) is 0. The maximum absolute atomic E-state index is 3.39. The molecular weight excluding hydrogens is 955 g/mol. The number of rotatable bonds is 1. The van der Waals surface area contributed by atoms with Crippen LogP contribution in [0.4, 0.5) is 0 Å². The van der Waals surface area contributed by atoms with E-state index in [-0.39, 0.29) is 0 Å². The van der Waals surface area contributed by atoms with Crippen LogP contribution in [0.15, 0.2) is 12.7 Å². The van der Waals surface area contributed by atoms with Gasteiger partial charge in [0, 0.05) is 0 Å². The van der Waals surface area contributed by atoms with Crippen LogP contribution in [0.2, 0.25) is 0 Å². The van der Waals surface area contributed by atoms with Crippen LogP contribution in [0.5, 0.6) is 0 Å². The van der Waals surface area contributed by atoms with E-state index < -0.39 is 0 Å². The summed E-state index contributed by atoms with van der Waals surface area (Å²) >= 11 is 8.00. The van der Waals surface area contributed by atoms with E-state index in [0.29, 0.717) is 0 Å². The normalized spacial score (nSPS) is 3.50. The second-order valence-corrected chi connectivity index (χ2v) is 1.17. The van der Waals surface area contributed by atoms with Crippen LogP contribution in [0.1, 0.15) is 0 Å². The van der Waals surface area contributed by atoms with Gasteiger partial charge in [0.05, 0.1) is 0 Å². The number of hydrogen-bond acceptors (Lipinski definition) is 0. The van der Waals surface area contributed by atoms with Crippen molar-refractivity contribution in [2.45, 2.75) is 0 Å². The Balaban J connectivity index is -0.0000000542. The van der Waals surface area contributed by atoms with Crippen LogP contribution in [0.25, 0.3) is 0 Å². The van der Waals surface area contributed by atoms with Gasteiger partial charge >= 0.3 is 101 Å². The quantitative estimate of drug-likeness (QED) is 0.335. The van der Waals surface area contributed by atoms with E-state index in [9.17, 15) is 0 Å². The summed E-state index contributed by atoms with van der Waals surface area (Å²) in [6.07, 6.45) is 1.66. The molecule has 0 spiro atoms. The zero-order chi connectivity index (χ0) is 7.41. The van der Waals surface area contributed by atoms with Gasteiger partial charge in [0.1, 0.15) is 0 Å². The molecule has 0 aromatic rings. The zero-order valence-corrected chi connectivity index (χ0v) is 18.5. The molecule has 5 heteroatoms. The average Bonchev–Trinajstić information content (AvgIpc) is 1.96. The van der Waals surface area contributed by atoms with Crippen LogP contribution in [0.3, 0.4) is 0 Å². The van der Waals surface area contributed by atoms with Crippen molar-refractivity contribution in [3.05, 3.63) is 12.7 Å². The van der Waals surface area contributed by atoms with Gasteiger partial charge in [-0.15, -0.1) is 0 Å². The standard InChI is InChI=1S/C3H3.5W/c1-3-2;;;;;/h3H,1H2;;;;;/q-1;;;;;. The van der Waals surface area contributed by atoms with Gasteiger partial charge in [0.2, 0.25) is 0 Å². The Kier molecular flexibility index (Phi) is 69.5. The first-order valence-corrected chi connectivity index (χ1v) is 24.7. The molecule has 8 heavy (non-hydrogen) atoms. The predicted octanol–water partition coefficient (Wildman–Crippen LogP) is 0.388. The molecule has 46 valence electrons. The van der Waals surface area contributed by atoms with Crippen LogP contribution in [-0.4, -0.2) is 4.40 Å². The van der Waals surface area contributed by atoms with Crippen LogP contribution in [0, 0.1) is 0 Å². The minimum atomic E-state index is 1.34. The topological polar surface area (TPSA) is 0 Å². The van der Waals surface area contributed by atoms with Gasteiger partial charge < -0.3 is 0 Å². The summed E-state index contributed by atoms with van der Waals surface area (Å²) in [7, 11) is 0. The molecule has 0 bridgehead atoms. The van der Waals surface area contributed by atoms with Crippen molar-refractivity contribution in [2.24, 2.45) is 0 Å². The van der Waals surface area contributed by atoms with Gasteiger partial charge in [-0.05, 0) is 0 Å². The Morgan fingerprint density at radius 1 is 1.12 bits per heavy atom. The Morgan fingerprint density at radius 3 is 1.25 bits per heavy atom. The first kappa shape index (κ1) is 17.2. The van der Waals surface area contributed by atoms with Gasteiger partial charge in [-0.3, -0.25) is 0 Å². The maximum atomic E-state index is 3.39. The van der Waals surface area contributed by atoms with Crippen LogP contribution in [-0.2, 0) is 84.2 Å². The molecule has 0 aliphatic rings. The number of hydrogen-bond donors (Lipinski definition) is 0. The first-order chi connectivity index (χ1) is 3.91. The molecule has 0 atom stereocenters. The van der Waals surface area contributed by atoms with Gasteiger partial charge in [0.25, 0.3) is 0 Å². The monoisotopic (exact) mass is 959 g/mol. The summed E-state index contributed by atoms with van der Waals surface area (Å²) < 4.78 is 2.78. The second kappa shape index (κ2) is 32.3. The Bertz CT molecular complexity index is 43.6.